The number of ether oxygens (including phenoxy) is 1. The van der Waals surface area contributed by atoms with Crippen LogP contribution in [-0.2, 0) is 9.57 Å². The Balaban J connectivity index is 0.000000377. The Labute approximate surface area is 173 Å². The average Bonchev–Trinajstić information content (AvgIpc) is 3.07. The van der Waals surface area contributed by atoms with Gasteiger partial charge in [0.15, 0.2) is 4.34 Å². The van der Waals surface area contributed by atoms with Gasteiger partial charge in [-0.05, 0) is 36.2 Å². The molecule has 0 aliphatic heterocycles. The summed E-state index contributed by atoms with van der Waals surface area (Å²) in [5.74, 6) is 0.653. The highest BCUT2D eigenvalue weighted by atomic mass is 32.2. The van der Waals surface area contributed by atoms with Gasteiger partial charge < -0.3 is 15.3 Å². The van der Waals surface area contributed by atoms with Crippen molar-refractivity contribution in [2.45, 2.75) is 9.24 Å². The molecule has 0 fully saturated rings. The van der Waals surface area contributed by atoms with Crippen molar-refractivity contribution in [3.05, 3.63) is 39.9 Å². The van der Waals surface area contributed by atoms with Gasteiger partial charge in [0.1, 0.15) is 13.2 Å². The summed E-state index contributed by atoms with van der Waals surface area (Å²) in [6.45, 7) is 0.291. The predicted molar refractivity (Wildman–Crippen MR) is 109 cm³/mol. The van der Waals surface area contributed by atoms with Gasteiger partial charge in [-0.1, -0.05) is 11.3 Å². The van der Waals surface area contributed by atoms with Gasteiger partial charge in [0.2, 0.25) is 5.13 Å². The van der Waals surface area contributed by atoms with Crippen molar-refractivity contribution in [2.24, 2.45) is 5.14 Å². The lowest BCUT2D eigenvalue weighted by atomic mass is 10.2. The van der Waals surface area contributed by atoms with Gasteiger partial charge in [-0.15, -0.1) is 32.9 Å². The number of rotatable bonds is 9. The fraction of sp³-hybridized carbons (Fsp3) is 0.308. The standard InChI is InChI=1S/C11H13NO5S2.C2H4N4S2/c13-11(9-1-3-10(18)4-2-9)16-5-7-19-8-6-17-12(14)15;3-1-5-6-2(7-1)8-4/h1-4,18H,5-8H2;4H2,(H2,3,5). The average molecular weight is 452 g/mol. The first-order chi connectivity index (χ1) is 12.9. The van der Waals surface area contributed by atoms with E-state index in [9.17, 15) is 14.9 Å². The summed E-state index contributed by atoms with van der Waals surface area (Å²) < 4.78 is 5.73. The third-order valence-electron chi connectivity index (χ3n) is 2.51. The zero-order chi connectivity index (χ0) is 20.1. The minimum atomic E-state index is -0.828. The van der Waals surface area contributed by atoms with E-state index in [1.807, 2.05) is 0 Å². The number of thioether (sulfide) groups is 1. The van der Waals surface area contributed by atoms with Crippen molar-refractivity contribution in [2.75, 3.05) is 30.5 Å². The Morgan fingerprint density at radius 1 is 1.26 bits per heavy atom. The summed E-state index contributed by atoms with van der Waals surface area (Å²) in [7, 11) is 0. The minimum Gasteiger partial charge on any atom is -0.461 e. The smallest absolute Gasteiger partial charge is 0.338 e. The zero-order valence-electron chi connectivity index (χ0n) is 13.8. The van der Waals surface area contributed by atoms with E-state index in [0.29, 0.717) is 26.5 Å². The third kappa shape index (κ3) is 10.9. The van der Waals surface area contributed by atoms with Gasteiger partial charge in [0.25, 0.3) is 5.09 Å². The topological polar surface area (TPSA) is 156 Å². The molecule has 14 heteroatoms. The predicted octanol–water partition coefficient (Wildman–Crippen LogP) is 2.16. The molecule has 0 bridgehead atoms. The maximum atomic E-state index is 11.6. The van der Waals surface area contributed by atoms with Crippen molar-refractivity contribution in [1.29, 1.82) is 0 Å². The van der Waals surface area contributed by atoms with Gasteiger partial charge >= 0.3 is 5.97 Å². The number of aromatic nitrogens is 2. The molecule has 0 saturated carbocycles. The molecule has 0 aliphatic rings. The fourth-order valence-corrected chi connectivity index (χ4v) is 3.04. The van der Waals surface area contributed by atoms with E-state index in [-0.39, 0.29) is 13.2 Å². The van der Waals surface area contributed by atoms with Crippen molar-refractivity contribution in [3.63, 3.8) is 0 Å². The van der Waals surface area contributed by atoms with Crippen LogP contribution in [0.25, 0.3) is 0 Å². The summed E-state index contributed by atoms with van der Waals surface area (Å²) in [5, 5.41) is 21.8. The largest absolute Gasteiger partial charge is 0.461 e. The monoisotopic (exact) mass is 451 g/mol. The van der Waals surface area contributed by atoms with Gasteiger partial charge in [0, 0.05) is 16.4 Å². The van der Waals surface area contributed by atoms with E-state index in [2.05, 4.69) is 27.7 Å². The Kier molecular flexibility index (Phi) is 11.6. The lowest BCUT2D eigenvalue weighted by Gasteiger charge is -2.04. The van der Waals surface area contributed by atoms with Crippen LogP contribution in [-0.4, -0.2) is 46.0 Å². The number of nitrogens with two attached hydrogens (primary N) is 2. The molecule has 1 aromatic carbocycles. The highest BCUT2D eigenvalue weighted by molar-refractivity contribution is 7.99. The number of thiol groups is 1. The molecule has 0 amide bonds. The van der Waals surface area contributed by atoms with E-state index >= 15 is 0 Å². The number of nitrogen functional groups attached to an aromatic ring is 1. The molecule has 1 aromatic heterocycles. The molecular weight excluding hydrogens is 434 g/mol. The third-order valence-corrected chi connectivity index (χ3v) is 5.09. The molecule has 148 valence electrons. The summed E-state index contributed by atoms with van der Waals surface area (Å²) in [6, 6.07) is 6.71. The molecule has 27 heavy (non-hydrogen) atoms. The number of nitrogens with zero attached hydrogens (tertiary/aromatic N) is 3. The normalized spacial score (nSPS) is 9.85. The number of benzene rings is 1. The molecule has 0 radical (unpaired) electrons. The van der Waals surface area contributed by atoms with Crippen LogP contribution in [0, 0.1) is 10.1 Å². The number of hydrogen-bond acceptors (Lipinski definition) is 13. The van der Waals surface area contributed by atoms with Crippen LogP contribution in [0.3, 0.4) is 0 Å². The van der Waals surface area contributed by atoms with Crippen LogP contribution in [0.2, 0.25) is 0 Å². The van der Waals surface area contributed by atoms with Crippen molar-refractivity contribution in [3.8, 4) is 0 Å². The highest BCUT2D eigenvalue weighted by Gasteiger charge is 2.06. The van der Waals surface area contributed by atoms with Gasteiger partial charge in [-0.3, -0.25) is 5.14 Å². The molecule has 0 unspecified atom stereocenters. The maximum absolute atomic E-state index is 11.6. The minimum absolute atomic E-state index is 0.0367. The van der Waals surface area contributed by atoms with E-state index in [1.165, 1.54) is 23.1 Å². The number of carbonyl (C=O) groups is 1. The van der Waals surface area contributed by atoms with E-state index in [0.717, 1.165) is 16.8 Å². The molecule has 0 spiro atoms. The summed E-state index contributed by atoms with van der Waals surface area (Å²) >= 11 is 7.87. The molecule has 0 aliphatic carbocycles. The van der Waals surface area contributed by atoms with Gasteiger partial charge in [-0.25, -0.2) is 4.79 Å². The zero-order valence-corrected chi connectivity index (χ0v) is 17.2. The van der Waals surface area contributed by atoms with E-state index < -0.39 is 11.1 Å². The SMILES string of the molecule is NSc1nnc(N)s1.O=C(OCCSCCO[N+](=O)[O-])c1ccc(S)cc1. The summed E-state index contributed by atoms with van der Waals surface area (Å²) in [5.41, 5.74) is 5.70. The van der Waals surface area contributed by atoms with Crippen molar-refractivity contribution >= 4 is 58.8 Å². The molecule has 1 heterocycles. The summed E-state index contributed by atoms with van der Waals surface area (Å²) in [4.78, 5) is 26.3. The molecule has 4 N–H and O–H groups in total. The Bertz CT molecular complexity index is 715. The van der Waals surface area contributed by atoms with Crippen LogP contribution in [0.4, 0.5) is 5.13 Å². The second-order valence-electron chi connectivity index (χ2n) is 4.38. The first-order valence-corrected chi connectivity index (χ1v) is 10.5. The second-order valence-corrected chi connectivity index (χ2v) is 8.01. The number of carbonyl (C=O) groups excluding carboxylic acids is 1. The quantitative estimate of drug-likeness (QED) is 0.128. The van der Waals surface area contributed by atoms with E-state index in [1.54, 1.807) is 24.3 Å². The fourth-order valence-electron chi connectivity index (χ4n) is 1.41. The van der Waals surface area contributed by atoms with Crippen LogP contribution >= 0.6 is 47.7 Å². The molecule has 2 aromatic rings. The number of hydrogen-bond donors (Lipinski definition) is 3. The molecule has 2 rings (SSSR count). The highest BCUT2D eigenvalue weighted by Crippen LogP contribution is 2.17. The molecule has 0 saturated heterocycles. The van der Waals surface area contributed by atoms with Crippen LogP contribution in [0.5, 0.6) is 0 Å². The van der Waals surface area contributed by atoms with E-state index in [4.69, 9.17) is 15.6 Å². The lowest BCUT2D eigenvalue weighted by molar-refractivity contribution is -0.756. The second kappa shape index (κ2) is 13.4. The van der Waals surface area contributed by atoms with Crippen molar-refractivity contribution < 1.29 is 19.5 Å². The maximum Gasteiger partial charge on any atom is 0.338 e. The van der Waals surface area contributed by atoms with Crippen LogP contribution in [0.15, 0.2) is 33.5 Å². The van der Waals surface area contributed by atoms with Crippen LogP contribution < -0.4 is 10.9 Å². The lowest BCUT2D eigenvalue weighted by Crippen LogP contribution is -2.09. The van der Waals surface area contributed by atoms with Crippen LogP contribution in [0.1, 0.15) is 10.4 Å². The Morgan fingerprint density at radius 2 is 1.93 bits per heavy atom. The molecular formula is C13H17N5O5S4. The van der Waals surface area contributed by atoms with Gasteiger partial charge in [-0.2, -0.15) is 11.8 Å². The summed E-state index contributed by atoms with van der Waals surface area (Å²) in [6.07, 6.45) is 0. The van der Waals surface area contributed by atoms with Crippen molar-refractivity contribution in [1.82, 2.24) is 10.2 Å². The first-order valence-electron chi connectivity index (χ1n) is 7.19. The number of esters is 1. The Hall–Kier alpha value is -1.74. The number of anilines is 1. The first kappa shape index (κ1) is 23.3. The molecule has 10 nitrogen and oxygen atoms in total. The molecule has 0 atom stereocenters. The Morgan fingerprint density at radius 3 is 2.44 bits per heavy atom. The van der Waals surface area contributed by atoms with Gasteiger partial charge in [0.05, 0.1) is 5.56 Å².